The maximum atomic E-state index is 12.6. The van der Waals surface area contributed by atoms with Gasteiger partial charge in [0.25, 0.3) is 0 Å². The van der Waals surface area contributed by atoms with E-state index in [2.05, 4.69) is 20.0 Å². The number of anilines is 1. The van der Waals surface area contributed by atoms with E-state index in [0.29, 0.717) is 13.0 Å². The lowest BCUT2D eigenvalue weighted by atomic mass is 10.0. The predicted molar refractivity (Wildman–Crippen MR) is 95.7 cm³/mol. The molecule has 0 saturated carbocycles. The number of aryl methyl sites for hydroxylation is 2. The van der Waals surface area contributed by atoms with Crippen LogP contribution >= 0.6 is 0 Å². The summed E-state index contributed by atoms with van der Waals surface area (Å²) in [5, 5.41) is 4.15. The van der Waals surface area contributed by atoms with Crippen molar-refractivity contribution in [2.24, 2.45) is 7.05 Å². The maximum absolute atomic E-state index is 12.6. The van der Waals surface area contributed by atoms with Crippen LogP contribution in [0.25, 0.3) is 0 Å². The first-order chi connectivity index (χ1) is 12.7. The van der Waals surface area contributed by atoms with E-state index < -0.39 is 0 Å². The lowest BCUT2D eigenvalue weighted by Gasteiger charge is -2.33. The monoisotopic (exact) mass is 356 g/mol. The van der Waals surface area contributed by atoms with Crippen molar-refractivity contribution >= 4 is 11.7 Å². The predicted octanol–water partition coefficient (Wildman–Crippen LogP) is 0.564. The molecular weight excluding hydrogens is 332 g/mol. The molecule has 2 aliphatic heterocycles. The van der Waals surface area contributed by atoms with Crippen molar-refractivity contribution < 1.29 is 9.53 Å². The van der Waals surface area contributed by atoms with Gasteiger partial charge in [-0.25, -0.2) is 9.97 Å². The summed E-state index contributed by atoms with van der Waals surface area (Å²) in [6.45, 7) is 4.48. The summed E-state index contributed by atoms with van der Waals surface area (Å²) in [5.74, 6) is 1.19. The molecule has 1 amide bonds. The summed E-state index contributed by atoms with van der Waals surface area (Å²) in [7, 11) is 1.89. The van der Waals surface area contributed by atoms with Crippen LogP contribution in [0.4, 0.5) is 5.82 Å². The molecule has 4 rings (SSSR count). The second-order valence-electron chi connectivity index (χ2n) is 6.81. The fourth-order valence-corrected chi connectivity index (χ4v) is 3.61. The number of rotatable bonds is 4. The highest BCUT2D eigenvalue weighted by Crippen LogP contribution is 2.26. The summed E-state index contributed by atoms with van der Waals surface area (Å²) in [6.07, 6.45) is 7.43. The molecule has 1 fully saturated rings. The van der Waals surface area contributed by atoms with Crippen LogP contribution in [0.3, 0.4) is 0 Å². The van der Waals surface area contributed by atoms with Crippen molar-refractivity contribution in [3.8, 4) is 0 Å². The molecule has 0 radical (unpaired) electrons. The number of hydrogen-bond donors (Lipinski definition) is 0. The molecule has 1 saturated heterocycles. The Bertz CT molecular complexity index is 784. The van der Waals surface area contributed by atoms with Gasteiger partial charge in [-0.05, 0) is 18.4 Å². The molecule has 8 heteroatoms. The lowest BCUT2D eigenvalue weighted by Crippen LogP contribution is -2.40. The Morgan fingerprint density at radius 3 is 2.85 bits per heavy atom. The Hall–Kier alpha value is -2.48. The van der Waals surface area contributed by atoms with Gasteiger partial charge in [0.1, 0.15) is 12.1 Å². The van der Waals surface area contributed by atoms with Crippen molar-refractivity contribution in [3.63, 3.8) is 0 Å². The number of carbonyl (C=O) groups excluding carboxylic acids is 1. The summed E-state index contributed by atoms with van der Waals surface area (Å²) in [4.78, 5) is 25.7. The van der Waals surface area contributed by atoms with Crippen molar-refractivity contribution in [1.29, 1.82) is 0 Å². The molecule has 0 N–H and O–H groups in total. The normalized spacial score (nSPS) is 17.3. The molecule has 26 heavy (non-hydrogen) atoms. The molecule has 2 aliphatic rings. The van der Waals surface area contributed by atoms with Crippen molar-refractivity contribution in [1.82, 2.24) is 24.6 Å². The SMILES string of the molecule is Cn1cc(CCC(=O)N2CCc3c(ncnc3N3CCOCC3)C2)cn1. The van der Waals surface area contributed by atoms with Crippen LogP contribution in [-0.2, 0) is 36.0 Å². The average molecular weight is 356 g/mol. The van der Waals surface area contributed by atoms with E-state index in [1.54, 1.807) is 11.0 Å². The van der Waals surface area contributed by atoms with Crippen LogP contribution < -0.4 is 4.90 Å². The van der Waals surface area contributed by atoms with Gasteiger partial charge >= 0.3 is 0 Å². The van der Waals surface area contributed by atoms with Crippen molar-refractivity contribution in [2.75, 3.05) is 37.7 Å². The van der Waals surface area contributed by atoms with E-state index in [1.807, 2.05) is 24.3 Å². The molecule has 4 heterocycles. The van der Waals surface area contributed by atoms with Crippen molar-refractivity contribution in [3.05, 3.63) is 35.5 Å². The molecule has 0 bridgehead atoms. The van der Waals surface area contributed by atoms with Gasteiger partial charge < -0.3 is 14.5 Å². The number of hydrogen-bond acceptors (Lipinski definition) is 6. The van der Waals surface area contributed by atoms with E-state index in [4.69, 9.17) is 4.74 Å². The Balaban J connectivity index is 1.41. The quantitative estimate of drug-likeness (QED) is 0.797. The fourth-order valence-electron chi connectivity index (χ4n) is 3.61. The van der Waals surface area contributed by atoms with E-state index in [0.717, 1.165) is 62.8 Å². The van der Waals surface area contributed by atoms with Crippen LogP contribution in [0.15, 0.2) is 18.7 Å². The standard InChI is InChI=1S/C18H24N6O2/c1-22-11-14(10-21-22)2-3-17(25)24-5-4-15-16(12-24)19-13-20-18(15)23-6-8-26-9-7-23/h10-11,13H,2-9,12H2,1H3. The van der Waals surface area contributed by atoms with Crippen LogP contribution in [0.2, 0.25) is 0 Å². The zero-order chi connectivity index (χ0) is 17.9. The molecule has 2 aromatic heterocycles. The number of morpholine rings is 1. The Kier molecular flexibility index (Phi) is 4.83. The average Bonchev–Trinajstić information content (AvgIpc) is 3.11. The number of ether oxygens (including phenoxy) is 1. The minimum atomic E-state index is 0.172. The summed E-state index contributed by atoms with van der Waals surface area (Å²) >= 11 is 0. The topological polar surface area (TPSA) is 76.4 Å². The molecule has 8 nitrogen and oxygen atoms in total. The van der Waals surface area contributed by atoms with E-state index in [9.17, 15) is 4.79 Å². The molecule has 2 aromatic rings. The Morgan fingerprint density at radius 1 is 1.23 bits per heavy atom. The second-order valence-corrected chi connectivity index (χ2v) is 6.81. The zero-order valence-electron chi connectivity index (χ0n) is 15.1. The molecule has 138 valence electrons. The highest BCUT2D eigenvalue weighted by Gasteiger charge is 2.26. The highest BCUT2D eigenvalue weighted by atomic mass is 16.5. The number of nitrogens with zero attached hydrogens (tertiary/aromatic N) is 6. The lowest BCUT2D eigenvalue weighted by molar-refractivity contribution is -0.132. The second kappa shape index (κ2) is 7.41. The first kappa shape index (κ1) is 17.0. The van der Waals surface area contributed by atoms with Gasteiger partial charge in [-0.1, -0.05) is 0 Å². The van der Waals surface area contributed by atoms with Crippen LogP contribution in [-0.4, -0.2) is 63.4 Å². The number of carbonyl (C=O) groups is 1. The maximum Gasteiger partial charge on any atom is 0.223 e. The first-order valence-electron chi connectivity index (χ1n) is 9.11. The molecule has 0 unspecified atom stereocenters. The van der Waals surface area contributed by atoms with Crippen molar-refractivity contribution in [2.45, 2.75) is 25.8 Å². The molecule has 0 spiro atoms. The third kappa shape index (κ3) is 3.55. The third-order valence-corrected chi connectivity index (χ3v) is 5.03. The minimum Gasteiger partial charge on any atom is -0.378 e. The summed E-state index contributed by atoms with van der Waals surface area (Å²) < 4.78 is 7.20. The van der Waals surface area contributed by atoms with Gasteiger partial charge in [0, 0.05) is 44.9 Å². The van der Waals surface area contributed by atoms with Crippen LogP contribution in [0.5, 0.6) is 0 Å². The number of amides is 1. The number of fused-ring (bicyclic) bond motifs is 1. The van der Waals surface area contributed by atoms with Gasteiger partial charge in [0.15, 0.2) is 0 Å². The number of aromatic nitrogens is 4. The smallest absolute Gasteiger partial charge is 0.223 e. The minimum absolute atomic E-state index is 0.172. The van der Waals surface area contributed by atoms with Gasteiger partial charge in [-0.3, -0.25) is 9.48 Å². The zero-order valence-corrected chi connectivity index (χ0v) is 15.1. The van der Waals surface area contributed by atoms with Gasteiger partial charge in [0.05, 0.1) is 31.6 Å². The van der Waals surface area contributed by atoms with E-state index >= 15 is 0 Å². The first-order valence-corrected chi connectivity index (χ1v) is 9.11. The van der Waals surface area contributed by atoms with Crippen LogP contribution in [0, 0.1) is 0 Å². The van der Waals surface area contributed by atoms with Gasteiger partial charge in [0.2, 0.25) is 5.91 Å². The Labute approximate surface area is 152 Å². The molecule has 0 aliphatic carbocycles. The summed E-state index contributed by atoms with van der Waals surface area (Å²) in [5.41, 5.74) is 3.25. The third-order valence-electron chi connectivity index (χ3n) is 5.03. The fraction of sp³-hybridized carbons (Fsp3) is 0.556. The molecular formula is C18H24N6O2. The van der Waals surface area contributed by atoms with E-state index in [1.165, 1.54) is 5.56 Å². The van der Waals surface area contributed by atoms with Gasteiger partial charge in [-0.2, -0.15) is 5.10 Å². The summed E-state index contributed by atoms with van der Waals surface area (Å²) in [6, 6.07) is 0. The van der Waals surface area contributed by atoms with E-state index in [-0.39, 0.29) is 5.91 Å². The largest absolute Gasteiger partial charge is 0.378 e. The molecule has 0 aromatic carbocycles. The van der Waals surface area contributed by atoms with Gasteiger partial charge in [-0.15, -0.1) is 0 Å². The van der Waals surface area contributed by atoms with Crippen LogP contribution in [0.1, 0.15) is 23.2 Å². The highest BCUT2D eigenvalue weighted by molar-refractivity contribution is 5.77. The Morgan fingerprint density at radius 2 is 2.08 bits per heavy atom. The molecule has 0 atom stereocenters.